The van der Waals surface area contributed by atoms with Crippen molar-refractivity contribution in [3.8, 4) is 17.6 Å². The van der Waals surface area contributed by atoms with Gasteiger partial charge < -0.3 is 4.74 Å². The molecule has 0 N–H and O–H groups in total. The first kappa shape index (κ1) is 16.2. The summed E-state index contributed by atoms with van der Waals surface area (Å²) in [4.78, 5) is 0. The highest BCUT2D eigenvalue weighted by Gasteiger charge is 2.25. The number of benzene rings is 1. The Morgan fingerprint density at radius 2 is 1.95 bits per heavy atom. The van der Waals surface area contributed by atoms with E-state index < -0.39 is 0 Å². The molecule has 0 aromatic heterocycles. The van der Waals surface area contributed by atoms with Crippen molar-refractivity contribution < 1.29 is 9.13 Å². The molecule has 1 nitrogen and oxygen atoms in total. The van der Waals surface area contributed by atoms with E-state index >= 15 is 0 Å². The van der Waals surface area contributed by atoms with Crippen molar-refractivity contribution in [1.82, 2.24) is 0 Å². The largest absolute Gasteiger partial charge is 0.489 e. The van der Waals surface area contributed by atoms with Crippen LogP contribution in [0.4, 0.5) is 4.39 Å². The van der Waals surface area contributed by atoms with Crippen LogP contribution in [0.5, 0.6) is 5.75 Å². The Kier molecular flexibility index (Phi) is 5.94. The third-order valence-electron chi connectivity index (χ3n) is 3.82. The second kappa shape index (κ2) is 7.71. The van der Waals surface area contributed by atoms with Crippen LogP contribution in [0.15, 0.2) is 18.2 Å². The van der Waals surface area contributed by atoms with Crippen LogP contribution in [0.3, 0.4) is 0 Å². The van der Waals surface area contributed by atoms with Gasteiger partial charge in [0.1, 0.15) is 11.6 Å². The van der Waals surface area contributed by atoms with E-state index in [0.29, 0.717) is 29.9 Å². The number of halogens is 2. The van der Waals surface area contributed by atoms with E-state index in [1.54, 1.807) is 6.07 Å². The van der Waals surface area contributed by atoms with Crippen molar-refractivity contribution in [2.45, 2.75) is 45.6 Å². The van der Waals surface area contributed by atoms with Crippen LogP contribution in [-0.4, -0.2) is 12.0 Å². The van der Waals surface area contributed by atoms with Gasteiger partial charge in [-0.2, -0.15) is 0 Å². The lowest BCUT2D eigenvalue weighted by Crippen LogP contribution is -2.28. The van der Waals surface area contributed by atoms with Crippen molar-refractivity contribution in [1.29, 1.82) is 0 Å². The number of hydrogen-bond acceptors (Lipinski definition) is 1. The summed E-state index contributed by atoms with van der Waals surface area (Å²) in [6.07, 6.45) is 4.06. The zero-order valence-electron chi connectivity index (χ0n) is 12.7. The van der Waals surface area contributed by atoms with Crippen LogP contribution in [0.1, 0.15) is 45.1 Å². The fourth-order valence-corrected chi connectivity index (χ4v) is 3.15. The van der Waals surface area contributed by atoms with E-state index in [1.807, 2.05) is 0 Å². The molecule has 0 spiro atoms. The first-order valence-corrected chi connectivity index (χ1v) is 8.13. The minimum Gasteiger partial charge on any atom is -0.489 e. The van der Waals surface area contributed by atoms with Gasteiger partial charge in [0.25, 0.3) is 0 Å². The summed E-state index contributed by atoms with van der Waals surface area (Å²) in [6, 6.07) is 4.54. The van der Waals surface area contributed by atoms with Gasteiger partial charge in [-0.3, -0.25) is 0 Å². The number of ether oxygens (including phenoxy) is 1. The van der Waals surface area contributed by atoms with Crippen molar-refractivity contribution in [2.75, 3.05) is 5.88 Å². The maximum Gasteiger partial charge on any atom is 0.138 e. The highest BCUT2D eigenvalue weighted by molar-refractivity contribution is 6.18. The Morgan fingerprint density at radius 1 is 1.24 bits per heavy atom. The second-order valence-corrected chi connectivity index (χ2v) is 6.42. The topological polar surface area (TPSA) is 9.23 Å². The van der Waals surface area contributed by atoms with Crippen molar-refractivity contribution in [2.24, 2.45) is 11.8 Å². The first-order valence-electron chi connectivity index (χ1n) is 7.59. The standard InChI is InChI=1S/C18H22ClFO/c1-13-9-14(2)11-17(10-13)21-18-12-16(20)7-6-15(18)5-3-4-8-19/h6-7,12-14,17H,4,8-11H2,1-2H3. The average molecular weight is 309 g/mol. The summed E-state index contributed by atoms with van der Waals surface area (Å²) in [5.41, 5.74) is 0.743. The SMILES string of the molecule is CC1CC(C)CC(Oc2cc(F)ccc2C#CCCCl)C1. The van der Waals surface area contributed by atoms with E-state index in [2.05, 4.69) is 25.7 Å². The lowest BCUT2D eigenvalue weighted by atomic mass is 9.82. The van der Waals surface area contributed by atoms with Gasteiger partial charge in [-0.15, -0.1) is 11.6 Å². The highest BCUT2D eigenvalue weighted by atomic mass is 35.5. The lowest BCUT2D eigenvalue weighted by molar-refractivity contribution is 0.100. The van der Waals surface area contributed by atoms with Crippen LogP contribution in [0.2, 0.25) is 0 Å². The van der Waals surface area contributed by atoms with Gasteiger partial charge >= 0.3 is 0 Å². The fourth-order valence-electron chi connectivity index (χ4n) is 3.05. The molecule has 1 aliphatic carbocycles. The summed E-state index contributed by atoms with van der Waals surface area (Å²) in [7, 11) is 0. The molecule has 0 amide bonds. The molecule has 1 saturated carbocycles. The average Bonchev–Trinajstić information content (AvgIpc) is 2.40. The minimum absolute atomic E-state index is 0.152. The highest BCUT2D eigenvalue weighted by Crippen LogP contribution is 2.32. The van der Waals surface area contributed by atoms with E-state index in [-0.39, 0.29) is 11.9 Å². The third kappa shape index (κ3) is 4.93. The summed E-state index contributed by atoms with van der Waals surface area (Å²) >= 11 is 5.63. The molecule has 0 radical (unpaired) electrons. The molecule has 2 atom stereocenters. The molecule has 2 unspecified atom stereocenters. The molecule has 2 rings (SSSR count). The van der Waals surface area contributed by atoms with Crippen LogP contribution >= 0.6 is 11.6 Å². The third-order valence-corrected chi connectivity index (χ3v) is 4.00. The lowest BCUT2D eigenvalue weighted by Gasteiger charge is -2.32. The van der Waals surface area contributed by atoms with Gasteiger partial charge in [-0.1, -0.05) is 25.7 Å². The van der Waals surface area contributed by atoms with Crippen LogP contribution in [-0.2, 0) is 0 Å². The van der Waals surface area contributed by atoms with E-state index in [0.717, 1.165) is 18.4 Å². The molecule has 1 aromatic rings. The minimum atomic E-state index is -0.287. The molecule has 3 heteroatoms. The predicted octanol–water partition coefficient (Wildman–Crippen LogP) is 5.01. The molecule has 0 bridgehead atoms. The van der Waals surface area contributed by atoms with Gasteiger partial charge in [0.05, 0.1) is 11.7 Å². The summed E-state index contributed by atoms with van der Waals surface area (Å²) in [6.45, 7) is 4.50. The quantitative estimate of drug-likeness (QED) is 0.563. The second-order valence-electron chi connectivity index (χ2n) is 6.04. The maximum absolute atomic E-state index is 13.5. The van der Waals surface area contributed by atoms with Gasteiger partial charge in [-0.05, 0) is 43.2 Å². The molecular formula is C18H22ClFO. The van der Waals surface area contributed by atoms with Crippen LogP contribution < -0.4 is 4.74 Å². The van der Waals surface area contributed by atoms with E-state index in [9.17, 15) is 4.39 Å². The number of rotatable bonds is 3. The molecule has 1 aliphatic rings. The molecule has 0 heterocycles. The van der Waals surface area contributed by atoms with E-state index in [1.165, 1.54) is 18.6 Å². The predicted molar refractivity (Wildman–Crippen MR) is 85.2 cm³/mol. The summed E-state index contributed by atoms with van der Waals surface area (Å²) in [5.74, 6) is 8.08. The Balaban J connectivity index is 2.14. The molecule has 0 aliphatic heterocycles. The summed E-state index contributed by atoms with van der Waals surface area (Å²) in [5, 5.41) is 0. The smallest absolute Gasteiger partial charge is 0.138 e. The van der Waals surface area contributed by atoms with Gasteiger partial charge in [0.15, 0.2) is 0 Å². The Labute approximate surface area is 131 Å². The van der Waals surface area contributed by atoms with Gasteiger partial charge in [0.2, 0.25) is 0 Å². The molecular weight excluding hydrogens is 287 g/mol. The van der Waals surface area contributed by atoms with Gasteiger partial charge in [-0.25, -0.2) is 4.39 Å². The zero-order valence-corrected chi connectivity index (χ0v) is 13.4. The monoisotopic (exact) mass is 308 g/mol. The van der Waals surface area contributed by atoms with Gasteiger partial charge in [0, 0.05) is 18.4 Å². The molecule has 1 aromatic carbocycles. The zero-order chi connectivity index (χ0) is 15.2. The van der Waals surface area contributed by atoms with Crippen LogP contribution in [0.25, 0.3) is 0 Å². The van der Waals surface area contributed by atoms with Crippen molar-refractivity contribution in [3.05, 3.63) is 29.6 Å². The van der Waals surface area contributed by atoms with Crippen molar-refractivity contribution in [3.63, 3.8) is 0 Å². The molecule has 1 fully saturated rings. The molecule has 0 saturated heterocycles. The Morgan fingerprint density at radius 3 is 2.62 bits per heavy atom. The maximum atomic E-state index is 13.5. The van der Waals surface area contributed by atoms with Crippen LogP contribution in [0, 0.1) is 29.5 Å². The number of hydrogen-bond donors (Lipinski definition) is 0. The molecule has 21 heavy (non-hydrogen) atoms. The number of alkyl halides is 1. The Hall–Kier alpha value is -1.20. The Bertz CT molecular complexity index is 522. The van der Waals surface area contributed by atoms with E-state index in [4.69, 9.17) is 16.3 Å². The molecule has 114 valence electrons. The summed E-state index contributed by atoms with van der Waals surface area (Å²) < 4.78 is 19.6. The normalized spacial score (nSPS) is 25.0. The first-order chi connectivity index (χ1) is 10.1. The van der Waals surface area contributed by atoms with Crippen molar-refractivity contribution >= 4 is 11.6 Å². The fraction of sp³-hybridized carbons (Fsp3) is 0.556.